The molecule has 4 rings (SSSR count). The highest BCUT2D eigenvalue weighted by molar-refractivity contribution is 5.89. The van der Waals surface area contributed by atoms with Gasteiger partial charge in [-0.1, -0.05) is 32.8 Å². The molecule has 0 amide bonds. The topological polar surface area (TPSA) is 109 Å². The second-order valence-corrected chi connectivity index (χ2v) is 11.7. The monoisotopic (exact) mass is 513 g/mol. The Labute approximate surface area is 220 Å². The molecular weight excluding hydrogens is 470 g/mol. The van der Waals surface area contributed by atoms with Crippen molar-refractivity contribution in [3.05, 3.63) is 35.7 Å². The molecule has 2 saturated heterocycles. The molecule has 2 aliphatic heterocycles. The van der Waals surface area contributed by atoms with Gasteiger partial charge >= 0.3 is 5.97 Å². The van der Waals surface area contributed by atoms with Crippen molar-refractivity contribution in [2.75, 3.05) is 0 Å². The van der Waals surface area contributed by atoms with Gasteiger partial charge in [0.15, 0.2) is 0 Å². The summed E-state index contributed by atoms with van der Waals surface area (Å²) in [5, 5.41) is 22.3. The van der Waals surface area contributed by atoms with E-state index in [1.807, 2.05) is 45.0 Å². The van der Waals surface area contributed by atoms with Gasteiger partial charge in [-0.2, -0.15) is 0 Å². The summed E-state index contributed by atoms with van der Waals surface area (Å²) >= 11 is 0. The first-order valence-electron chi connectivity index (χ1n) is 14.0. The zero-order valence-corrected chi connectivity index (χ0v) is 22.7. The van der Waals surface area contributed by atoms with E-state index >= 15 is 0 Å². The van der Waals surface area contributed by atoms with E-state index in [0.717, 1.165) is 37.0 Å². The van der Waals surface area contributed by atoms with Crippen LogP contribution in [0.1, 0.15) is 91.2 Å². The number of epoxide rings is 1. The molecule has 3 heterocycles. The van der Waals surface area contributed by atoms with Crippen molar-refractivity contribution in [1.29, 1.82) is 0 Å². The molecule has 0 radical (unpaired) electrons. The summed E-state index contributed by atoms with van der Waals surface area (Å²) in [7, 11) is 0. The number of carbonyl (C=O) groups is 2. The molecule has 7 heteroatoms. The number of esters is 1. The second-order valence-electron chi connectivity index (χ2n) is 11.7. The lowest BCUT2D eigenvalue weighted by atomic mass is 9.58. The molecule has 1 saturated carbocycles. The normalized spacial score (nSPS) is 37.4. The van der Waals surface area contributed by atoms with Gasteiger partial charge in [0, 0.05) is 18.5 Å². The Hall–Kier alpha value is -2.09. The molecular formula is C30H43NO6. The highest BCUT2D eigenvalue weighted by atomic mass is 16.6. The number of aromatic nitrogens is 1. The predicted octanol–water partition coefficient (Wildman–Crippen LogP) is 4.64. The van der Waals surface area contributed by atoms with Gasteiger partial charge in [-0.05, 0) is 75.7 Å². The number of ketones is 1. The van der Waals surface area contributed by atoms with Gasteiger partial charge in [0.25, 0.3) is 0 Å². The molecule has 2 N–H and O–H groups in total. The van der Waals surface area contributed by atoms with E-state index in [1.54, 1.807) is 6.20 Å². The number of cyclic esters (lactones) is 1. The molecule has 37 heavy (non-hydrogen) atoms. The first-order valence-corrected chi connectivity index (χ1v) is 14.0. The molecule has 1 spiro atoms. The number of carbonyl (C=O) groups excluding carboxylic acids is 2. The molecule has 7 nitrogen and oxygen atoms in total. The highest BCUT2D eigenvalue weighted by Crippen LogP contribution is 2.49. The molecule has 0 unspecified atom stereocenters. The summed E-state index contributed by atoms with van der Waals surface area (Å²) in [6.45, 7) is 7.92. The van der Waals surface area contributed by atoms with Gasteiger partial charge in [-0.15, -0.1) is 0 Å². The summed E-state index contributed by atoms with van der Waals surface area (Å²) in [4.78, 5) is 31.2. The van der Waals surface area contributed by atoms with Crippen molar-refractivity contribution in [2.45, 2.75) is 115 Å². The van der Waals surface area contributed by atoms with Crippen LogP contribution >= 0.6 is 0 Å². The number of nitrogens with zero attached hydrogens (tertiary/aromatic N) is 1. The van der Waals surface area contributed by atoms with Crippen LogP contribution in [0.2, 0.25) is 0 Å². The summed E-state index contributed by atoms with van der Waals surface area (Å²) in [5.41, 5.74) is 0.356. The second kappa shape index (κ2) is 11.3. The first-order chi connectivity index (χ1) is 17.6. The van der Waals surface area contributed by atoms with Crippen molar-refractivity contribution in [3.63, 3.8) is 0 Å². The Balaban J connectivity index is 1.60. The molecule has 3 fully saturated rings. The number of hydrogen-bond donors (Lipinski definition) is 2. The standard InChI is InChI=1S/C30H43NO6/c1-5-22-27(34)19(2)10-8-12-29(4)25(37-29)17-23(20(3)16-21-11-6-7-15-31-21)36-26(33)18-24(32)30(28(22)35)13-9-14-30/h6-7,11,15-16,19,22-25,27,32,34H,5,8-10,12-14,17-18H2,1-4H3/t19-,22+,23-,24-,25+,27-,29+/m0/s1. The van der Waals surface area contributed by atoms with Crippen molar-refractivity contribution >= 4 is 17.8 Å². The third kappa shape index (κ3) is 5.99. The Bertz CT molecular complexity index is 989. The molecule has 1 aromatic rings. The van der Waals surface area contributed by atoms with E-state index in [9.17, 15) is 19.8 Å². The van der Waals surface area contributed by atoms with Crippen molar-refractivity contribution in [2.24, 2.45) is 17.3 Å². The minimum Gasteiger partial charge on any atom is -0.458 e. The van der Waals surface area contributed by atoms with Crippen LogP contribution in [0.4, 0.5) is 0 Å². The Kier molecular flexibility index (Phi) is 8.56. The van der Waals surface area contributed by atoms with Crippen LogP contribution in [0.25, 0.3) is 6.08 Å². The Morgan fingerprint density at radius 1 is 1.19 bits per heavy atom. The SMILES string of the molecule is CC[C@H]1C(=O)C2(CCC2)[C@@H](O)CC(=O)O[C@H](C(C)=Cc2ccccn2)C[C@H]2O[C@]2(C)CCC[C@H](C)[C@@H]1O. The number of rotatable bonds is 3. The summed E-state index contributed by atoms with van der Waals surface area (Å²) in [6, 6.07) is 5.66. The smallest absolute Gasteiger partial charge is 0.309 e. The average Bonchev–Trinajstić information content (AvgIpc) is 3.46. The van der Waals surface area contributed by atoms with Gasteiger partial charge in [-0.25, -0.2) is 0 Å². The highest BCUT2D eigenvalue weighted by Gasteiger charge is 2.55. The van der Waals surface area contributed by atoms with Crippen LogP contribution in [0.3, 0.4) is 0 Å². The summed E-state index contributed by atoms with van der Waals surface area (Å²) in [5.74, 6) is -1.22. The van der Waals surface area contributed by atoms with E-state index in [2.05, 4.69) is 11.9 Å². The lowest BCUT2D eigenvalue weighted by Gasteiger charge is -2.46. The molecule has 1 aromatic heterocycles. The lowest BCUT2D eigenvalue weighted by molar-refractivity contribution is -0.162. The zero-order chi connectivity index (χ0) is 26.8. The van der Waals surface area contributed by atoms with Crippen molar-refractivity contribution in [1.82, 2.24) is 4.98 Å². The quantitative estimate of drug-likeness (QED) is 0.448. The molecule has 7 atom stereocenters. The third-order valence-electron chi connectivity index (χ3n) is 9.15. The van der Waals surface area contributed by atoms with E-state index < -0.39 is 35.6 Å². The summed E-state index contributed by atoms with van der Waals surface area (Å²) < 4.78 is 12.0. The first kappa shape index (κ1) is 27.9. The Morgan fingerprint density at radius 2 is 1.95 bits per heavy atom. The van der Waals surface area contributed by atoms with Gasteiger partial charge in [-0.3, -0.25) is 14.6 Å². The van der Waals surface area contributed by atoms with Gasteiger partial charge in [0.05, 0.1) is 41.4 Å². The van der Waals surface area contributed by atoms with Crippen molar-refractivity contribution in [3.8, 4) is 0 Å². The van der Waals surface area contributed by atoms with Crippen LogP contribution in [-0.4, -0.2) is 57.0 Å². The van der Waals surface area contributed by atoms with E-state index in [4.69, 9.17) is 9.47 Å². The van der Waals surface area contributed by atoms with E-state index in [-0.39, 0.29) is 29.8 Å². The number of aliphatic hydroxyl groups is 2. The van der Waals surface area contributed by atoms with Gasteiger partial charge in [0.1, 0.15) is 11.9 Å². The molecule has 0 bridgehead atoms. The van der Waals surface area contributed by atoms with Crippen LogP contribution < -0.4 is 0 Å². The number of fused-ring (bicyclic) bond motifs is 1. The fraction of sp³-hybridized carbons (Fsp3) is 0.700. The van der Waals surface area contributed by atoms with Crippen LogP contribution in [-0.2, 0) is 19.1 Å². The molecule has 3 aliphatic rings. The number of Topliss-reactive ketones (excluding diaryl/α,β-unsaturated/α-hetero) is 1. The maximum atomic E-state index is 13.7. The fourth-order valence-corrected chi connectivity index (χ4v) is 6.27. The van der Waals surface area contributed by atoms with Crippen LogP contribution in [0.15, 0.2) is 30.0 Å². The van der Waals surface area contributed by atoms with Crippen LogP contribution in [0.5, 0.6) is 0 Å². The third-order valence-corrected chi connectivity index (χ3v) is 9.15. The fourth-order valence-electron chi connectivity index (χ4n) is 6.27. The van der Waals surface area contributed by atoms with Crippen molar-refractivity contribution < 1.29 is 29.3 Å². The summed E-state index contributed by atoms with van der Waals surface area (Å²) in [6.07, 6.45) is 6.36. The van der Waals surface area contributed by atoms with Gasteiger partial charge < -0.3 is 19.7 Å². The largest absolute Gasteiger partial charge is 0.458 e. The number of hydrogen-bond acceptors (Lipinski definition) is 7. The van der Waals surface area contributed by atoms with Gasteiger partial charge in [0.2, 0.25) is 0 Å². The van der Waals surface area contributed by atoms with E-state index in [0.29, 0.717) is 25.7 Å². The Morgan fingerprint density at radius 3 is 2.57 bits per heavy atom. The lowest BCUT2D eigenvalue weighted by Crippen LogP contribution is -2.53. The molecule has 204 valence electrons. The maximum absolute atomic E-state index is 13.7. The number of pyridine rings is 1. The number of aliphatic hydroxyl groups excluding tert-OH is 2. The minimum absolute atomic E-state index is 0.0432. The minimum atomic E-state index is -1.13. The molecule has 0 aromatic carbocycles. The number of ether oxygens (including phenoxy) is 2. The van der Waals surface area contributed by atoms with Crippen LogP contribution in [0, 0.1) is 17.3 Å². The van der Waals surface area contributed by atoms with E-state index in [1.165, 1.54) is 0 Å². The predicted molar refractivity (Wildman–Crippen MR) is 140 cm³/mol. The maximum Gasteiger partial charge on any atom is 0.309 e. The zero-order valence-electron chi connectivity index (χ0n) is 22.7. The molecule has 1 aliphatic carbocycles. The average molecular weight is 514 g/mol.